The molecule has 1 unspecified atom stereocenters. The van der Waals surface area contributed by atoms with E-state index in [0.717, 1.165) is 44.3 Å². The van der Waals surface area contributed by atoms with Crippen LogP contribution in [-0.4, -0.2) is 37.0 Å². The van der Waals surface area contributed by atoms with Crippen molar-refractivity contribution in [2.45, 2.75) is 38.1 Å². The Morgan fingerprint density at radius 3 is 2.82 bits per heavy atom. The van der Waals surface area contributed by atoms with Crippen molar-refractivity contribution >= 4 is 41.5 Å². The number of nitrogens with one attached hydrogen (secondary N) is 1. The van der Waals surface area contributed by atoms with E-state index >= 15 is 0 Å². The van der Waals surface area contributed by atoms with E-state index < -0.39 is 0 Å². The van der Waals surface area contributed by atoms with Gasteiger partial charge in [-0.2, -0.15) is 0 Å². The first-order valence-electron chi connectivity index (χ1n) is 7.49. The van der Waals surface area contributed by atoms with Crippen LogP contribution >= 0.6 is 35.6 Å². The number of hydrogen-bond donors (Lipinski definition) is 1. The summed E-state index contributed by atoms with van der Waals surface area (Å²) in [4.78, 5) is 14.2. The van der Waals surface area contributed by atoms with E-state index in [1.165, 1.54) is 0 Å². The zero-order chi connectivity index (χ0) is 15.2. The predicted molar refractivity (Wildman–Crippen MR) is 95.3 cm³/mol. The molecule has 0 aliphatic carbocycles. The van der Waals surface area contributed by atoms with Gasteiger partial charge in [-0.15, -0.1) is 12.4 Å². The molecule has 1 fully saturated rings. The van der Waals surface area contributed by atoms with Crippen LogP contribution in [0.5, 0.6) is 0 Å². The van der Waals surface area contributed by atoms with Gasteiger partial charge in [-0.3, -0.25) is 4.79 Å². The maximum atomic E-state index is 12.2. The number of hydrogen-bond acceptors (Lipinski definition) is 2. The highest BCUT2D eigenvalue weighted by molar-refractivity contribution is 6.42. The van der Waals surface area contributed by atoms with Gasteiger partial charge in [0, 0.05) is 25.6 Å². The Labute approximate surface area is 148 Å². The summed E-state index contributed by atoms with van der Waals surface area (Å²) in [5.41, 5.74) is 1.13. The highest BCUT2D eigenvalue weighted by Crippen LogP contribution is 2.23. The number of benzene rings is 1. The molecule has 0 bridgehead atoms. The minimum Gasteiger partial charge on any atom is -0.341 e. The highest BCUT2D eigenvalue weighted by Gasteiger charge is 2.21. The quantitative estimate of drug-likeness (QED) is 0.857. The molecule has 0 aromatic heterocycles. The zero-order valence-electron chi connectivity index (χ0n) is 12.8. The second-order valence-electron chi connectivity index (χ2n) is 5.57. The molecule has 1 aromatic carbocycles. The van der Waals surface area contributed by atoms with Crippen LogP contribution in [0, 0.1) is 0 Å². The molecule has 6 heteroatoms. The van der Waals surface area contributed by atoms with Gasteiger partial charge in [0.2, 0.25) is 5.91 Å². The summed E-state index contributed by atoms with van der Waals surface area (Å²) in [6.07, 6.45) is 4.54. The molecule has 1 saturated heterocycles. The molecule has 1 N–H and O–H groups in total. The summed E-state index contributed by atoms with van der Waals surface area (Å²) in [6.45, 7) is 1.73. The lowest BCUT2D eigenvalue weighted by Gasteiger charge is -2.32. The Morgan fingerprint density at radius 2 is 2.14 bits per heavy atom. The van der Waals surface area contributed by atoms with Crippen molar-refractivity contribution in [2.24, 2.45) is 0 Å². The van der Waals surface area contributed by atoms with Gasteiger partial charge >= 0.3 is 0 Å². The fourth-order valence-corrected chi connectivity index (χ4v) is 3.06. The molecular weight excluding hydrogens is 343 g/mol. The molecule has 2 rings (SSSR count). The van der Waals surface area contributed by atoms with Crippen molar-refractivity contribution in [1.82, 2.24) is 10.2 Å². The third-order valence-electron chi connectivity index (χ3n) is 4.02. The van der Waals surface area contributed by atoms with Crippen molar-refractivity contribution in [3.8, 4) is 0 Å². The molecule has 0 radical (unpaired) electrons. The number of carbonyl (C=O) groups excluding carboxylic acids is 1. The van der Waals surface area contributed by atoms with Crippen LogP contribution in [-0.2, 0) is 11.2 Å². The predicted octanol–water partition coefficient (Wildman–Crippen LogP) is 3.95. The van der Waals surface area contributed by atoms with Crippen LogP contribution < -0.4 is 5.32 Å². The first kappa shape index (κ1) is 19.6. The number of nitrogens with zero attached hydrogens (tertiary/aromatic N) is 1. The summed E-state index contributed by atoms with van der Waals surface area (Å²) in [5, 5.41) is 4.41. The monoisotopic (exact) mass is 364 g/mol. The number of piperidine rings is 1. The molecule has 124 valence electrons. The zero-order valence-corrected chi connectivity index (χ0v) is 15.1. The maximum Gasteiger partial charge on any atom is 0.222 e. The van der Waals surface area contributed by atoms with Gasteiger partial charge in [-0.1, -0.05) is 29.3 Å². The van der Waals surface area contributed by atoms with Crippen molar-refractivity contribution in [3.63, 3.8) is 0 Å². The fraction of sp³-hybridized carbons (Fsp3) is 0.562. The normalized spacial score (nSPS) is 18.0. The van der Waals surface area contributed by atoms with Crippen LogP contribution in [0.4, 0.5) is 0 Å². The minimum atomic E-state index is 0. The average molecular weight is 366 g/mol. The molecular formula is C16H23Cl3N2O. The van der Waals surface area contributed by atoms with E-state index in [0.29, 0.717) is 22.5 Å². The Bertz CT molecular complexity index is 496. The van der Waals surface area contributed by atoms with Gasteiger partial charge in [0.05, 0.1) is 10.0 Å². The van der Waals surface area contributed by atoms with Crippen molar-refractivity contribution in [1.29, 1.82) is 0 Å². The van der Waals surface area contributed by atoms with Crippen molar-refractivity contribution < 1.29 is 4.79 Å². The van der Waals surface area contributed by atoms with E-state index in [9.17, 15) is 4.79 Å². The summed E-state index contributed by atoms with van der Waals surface area (Å²) < 4.78 is 0. The van der Waals surface area contributed by atoms with Crippen LogP contribution in [0.25, 0.3) is 0 Å². The van der Waals surface area contributed by atoms with E-state index in [-0.39, 0.29) is 18.3 Å². The lowest BCUT2D eigenvalue weighted by molar-refractivity contribution is -0.132. The largest absolute Gasteiger partial charge is 0.341 e. The highest BCUT2D eigenvalue weighted by atomic mass is 35.5. The van der Waals surface area contributed by atoms with Crippen LogP contribution in [0.2, 0.25) is 10.0 Å². The van der Waals surface area contributed by atoms with Gasteiger partial charge in [0.1, 0.15) is 0 Å². The first-order valence-corrected chi connectivity index (χ1v) is 8.24. The second kappa shape index (κ2) is 9.61. The average Bonchev–Trinajstić information content (AvgIpc) is 2.50. The Kier molecular flexibility index (Phi) is 8.55. The topological polar surface area (TPSA) is 32.3 Å². The lowest BCUT2D eigenvalue weighted by atomic mass is 10.0. The molecule has 3 nitrogen and oxygen atoms in total. The molecule has 1 aliphatic rings. The molecule has 1 aromatic rings. The summed E-state index contributed by atoms with van der Waals surface area (Å²) in [6, 6.07) is 6.10. The van der Waals surface area contributed by atoms with Crippen molar-refractivity contribution in [2.75, 3.05) is 20.1 Å². The van der Waals surface area contributed by atoms with Crippen LogP contribution in [0.1, 0.15) is 31.2 Å². The first-order chi connectivity index (χ1) is 10.1. The number of halogens is 3. The van der Waals surface area contributed by atoms with E-state index in [1.54, 1.807) is 0 Å². The molecule has 0 saturated carbocycles. The van der Waals surface area contributed by atoms with Gasteiger partial charge in [-0.25, -0.2) is 0 Å². The number of rotatable bonds is 5. The maximum absolute atomic E-state index is 12.2. The Hall–Kier alpha value is -0.480. The Balaban J connectivity index is 0.00000242. The third kappa shape index (κ3) is 5.62. The minimum absolute atomic E-state index is 0. The number of likely N-dealkylation sites (N-methyl/N-ethyl adjacent to an activating group) is 1. The van der Waals surface area contributed by atoms with Crippen molar-refractivity contribution in [3.05, 3.63) is 33.8 Å². The van der Waals surface area contributed by atoms with Gasteiger partial charge < -0.3 is 10.2 Å². The summed E-state index contributed by atoms with van der Waals surface area (Å²) >= 11 is 11.9. The molecule has 1 aliphatic heterocycles. The van der Waals surface area contributed by atoms with E-state index in [4.69, 9.17) is 23.2 Å². The summed E-state index contributed by atoms with van der Waals surface area (Å²) in [5.74, 6) is 0.259. The molecule has 22 heavy (non-hydrogen) atoms. The standard InChI is InChI=1S/C16H22Cl2N2O.ClH/c1-19-13-5-3-9-20(11-13)16(21)6-2-4-12-7-8-14(17)15(18)10-12;/h7-8,10,13,19H,2-6,9,11H2,1H3;1H. The van der Waals surface area contributed by atoms with E-state index in [2.05, 4.69) is 5.32 Å². The van der Waals surface area contributed by atoms with E-state index in [1.807, 2.05) is 30.1 Å². The molecule has 1 amide bonds. The van der Waals surface area contributed by atoms with Gasteiger partial charge in [-0.05, 0) is 50.4 Å². The number of carbonyl (C=O) groups is 1. The lowest BCUT2D eigenvalue weighted by Crippen LogP contribution is -2.46. The van der Waals surface area contributed by atoms with Gasteiger partial charge in [0.25, 0.3) is 0 Å². The summed E-state index contributed by atoms with van der Waals surface area (Å²) in [7, 11) is 1.96. The number of likely N-dealkylation sites (tertiary alicyclic amines) is 1. The van der Waals surface area contributed by atoms with Gasteiger partial charge in [0.15, 0.2) is 0 Å². The fourth-order valence-electron chi connectivity index (χ4n) is 2.74. The SMILES string of the molecule is CNC1CCCN(C(=O)CCCc2ccc(Cl)c(Cl)c2)C1.Cl. The smallest absolute Gasteiger partial charge is 0.222 e. The Morgan fingerprint density at radius 1 is 1.36 bits per heavy atom. The van der Waals surface area contributed by atoms with Crippen LogP contribution in [0.3, 0.4) is 0 Å². The van der Waals surface area contributed by atoms with Crippen LogP contribution in [0.15, 0.2) is 18.2 Å². The second-order valence-corrected chi connectivity index (χ2v) is 6.38. The molecule has 1 atom stereocenters. The molecule has 1 heterocycles. The third-order valence-corrected chi connectivity index (χ3v) is 4.76. The number of amides is 1. The molecule has 0 spiro atoms. The number of aryl methyl sites for hydroxylation is 1.